The van der Waals surface area contributed by atoms with Crippen LogP contribution in [0.2, 0.25) is 0 Å². The molecule has 128 valence electrons. The van der Waals surface area contributed by atoms with Crippen LogP contribution in [0.5, 0.6) is 0 Å². The van der Waals surface area contributed by atoms with Gasteiger partial charge in [0.1, 0.15) is 0 Å². The van der Waals surface area contributed by atoms with Crippen molar-refractivity contribution in [2.24, 2.45) is 0 Å². The number of nitrogens with zero attached hydrogens (tertiary/aromatic N) is 2. The van der Waals surface area contributed by atoms with Gasteiger partial charge in [0.25, 0.3) is 11.5 Å². The molecule has 0 bridgehead atoms. The zero-order valence-corrected chi connectivity index (χ0v) is 14.5. The Hall–Kier alpha value is -2.47. The molecule has 6 heteroatoms. The maximum Gasteiger partial charge on any atom is 0.279 e. The van der Waals surface area contributed by atoms with Crippen LogP contribution in [0.4, 0.5) is 0 Å². The van der Waals surface area contributed by atoms with Crippen LogP contribution in [0, 0.1) is 13.8 Å². The van der Waals surface area contributed by atoms with E-state index in [1.165, 1.54) is 4.90 Å². The summed E-state index contributed by atoms with van der Waals surface area (Å²) in [6, 6.07) is 9.43. The van der Waals surface area contributed by atoms with Gasteiger partial charge in [-0.05, 0) is 33.3 Å². The highest BCUT2D eigenvalue weighted by Gasteiger charge is 2.26. The second kappa shape index (κ2) is 6.97. The number of H-pyrrole nitrogens is 1. The quantitative estimate of drug-likeness (QED) is 0.876. The number of amides is 1. The molecule has 24 heavy (non-hydrogen) atoms. The summed E-state index contributed by atoms with van der Waals surface area (Å²) < 4.78 is 0. The summed E-state index contributed by atoms with van der Waals surface area (Å²) in [5, 5.41) is 10.1. The average molecular weight is 329 g/mol. The normalized spacial score (nSPS) is 11.4. The average Bonchev–Trinajstić information content (AvgIpc) is 2.49. The Morgan fingerprint density at radius 1 is 1.25 bits per heavy atom. The monoisotopic (exact) mass is 329 g/mol. The fraction of sp³-hybridized carbons (Fsp3) is 0.389. The number of hydrogen-bond donors (Lipinski definition) is 2. The number of aromatic nitrogens is 2. The summed E-state index contributed by atoms with van der Waals surface area (Å²) in [5.41, 5.74) is 0.386. The van der Waals surface area contributed by atoms with E-state index in [9.17, 15) is 14.7 Å². The predicted molar refractivity (Wildman–Crippen MR) is 91.8 cm³/mol. The molecule has 0 spiro atoms. The maximum atomic E-state index is 12.8. The van der Waals surface area contributed by atoms with Gasteiger partial charge < -0.3 is 15.0 Å². The largest absolute Gasteiger partial charge is 0.389 e. The number of carbonyl (C=O) groups excluding carboxylic acids is 1. The third kappa shape index (κ3) is 4.52. The van der Waals surface area contributed by atoms with Crippen LogP contribution >= 0.6 is 0 Å². The van der Waals surface area contributed by atoms with E-state index in [4.69, 9.17) is 0 Å². The Morgan fingerprint density at radius 3 is 2.46 bits per heavy atom. The van der Waals surface area contributed by atoms with Crippen molar-refractivity contribution in [2.75, 3.05) is 6.54 Å². The van der Waals surface area contributed by atoms with Crippen LogP contribution in [0.3, 0.4) is 0 Å². The molecule has 0 saturated heterocycles. The van der Waals surface area contributed by atoms with Crippen LogP contribution in [0.15, 0.2) is 35.1 Å². The zero-order valence-electron chi connectivity index (χ0n) is 14.5. The lowest BCUT2D eigenvalue weighted by Gasteiger charge is -2.29. The first-order valence-electron chi connectivity index (χ1n) is 7.80. The van der Waals surface area contributed by atoms with Gasteiger partial charge in [0.15, 0.2) is 5.69 Å². The van der Waals surface area contributed by atoms with Crippen LogP contribution in [-0.2, 0) is 6.54 Å². The highest BCUT2D eigenvalue weighted by atomic mass is 16.3. The van der Waals surface area contributed by atoms with Crippen LogP contribution in [-0.4, -0.2) is 38.0 Å². The van der Waals surface area contributed by atoms with E-state index >= 15 is 0 Å². The molecule has 0 unspecified atom stereocenters. The lowest BCUT2D eigenvalue weighted by Crippen LogP contribution is -2.44. The van der Waals surface area contributed by atoms with E-state index in [1.54, 1.807) is 27.7 Å². The number of aryl methyl sites for hydroxylation is 2. The second-order valence-electron chi connectivity index (χ2n) is 6.58. The van der Waals surface area contributed by atoms with Gasteiger partial charge in [0, 0.05) is 18.8 Å². The number of nitrogens with one attached hydrogen (secondary N) is 1. The number of hydrogen-bond acceptors (Lipinski definition) is 4. The minimum atomic E-state index is -1.09. The van der Waals surface area contributed by atoms with E-state index in [2.05, 4.69) is 9.97 Å². The molecule has 6 nitrogen and oxygen atoms in total. The van der Waals surface area contributed by atoms with Crippen LogP contribution < -0.4 is 5.56 Å². The van der Waals surface area contributed by atoms with E-state index in [-0.39, 0.29) is 18.8 Å². The van der Waals surface area contributed by atoms with Crippen molar-refractivity contribution in [3.05, 3.63) is 63.3 Å². The third-order valence-corrected chi connectivity index (χ3v) is 3.62. The molecule has 1 aromatic heterocycles. The first kappa shape index (κ1) is 17.9. The molecule has 0 fully saturated rings. The van der Waals surface area contributed by atoms with Crippen molar-refractivity contribution in [1.82, 2.24) is 14.9 Å². The highest BCUT2D eigenvalue weighted by molar-refractivity contribution is 5.92. The molecule has 1 aromatic carbocycles. The van der Waals surface area contributed by atoms with Gasteiger partial charge in [-0.1, -0.05) is 30.3 Å². The van der Waals surface area contributed by atoms with E-state index in [1.807, 2.05) is 30.3 Å². The molecular formula is C18H23N3O3. The fourth-order valence-electron chi connectivity index (χ4n) is 2.39. The van der Waals surface area contributed by atoms with Gasteiger partial charge in [-0.25, -0.2) is 4.98 Å². The van der Waals surface area contributed by atoms with Crippen molar-refractivity contribution in [3.8, 4) is 0 Å². The maximum absolute atomic E-state index is 12.8. The topological polar surface area (TPSA) is 86.3 Å². The van der Waals surface area contributed by atoms with E-state index in [0.29, 0.717) is 11.4 Å². The first-order chi connectivity index (χ1) is 11.2. The number of rotatable bonds is 5. The number of aliphatic hydroxyl groups is 1. The van der Waals surface area contributed by atoms with Gasteiger partial charge in [-0.3, -0.25) is 9.59 Å². The summed E-state index contributed by atoms with van der Waals surface area (Å²) in [6.07, 6.45) is 0. The number of benzene rings is 1. The van der Waals surface area contributed by atoms with Crippen molar-refractivity contribution < 1.29 is 9.90 Å². The van der Waals surface area contributed by atoms with Gasteiger partial charge in [-0.15, -0.1) is 0 Å². The smallest absolute Gasteiger partial charge is 0.279 e. The molecule has 0 radical (unpaired) electrons. The molecule has 2 rings (SSSR count). The molecule has 1 amide bonds. The Bertz CT molecular complexity index is 776. The Morgan fingerprint density at radius 2 is 1.88 bits per heavy atom. The van der Waals surface area contributed by atoms with Crippen molar-refractivity contribution in [1.29, 1.82) is 0 Å². The minimum absolute atomic E-state index is 0.0920. The van der Waals surface area contributed by atoms with Gasteiger partial charge in [0.05, 0.1) is 11.3 Å². The van der Waals surface area contributed by atoms with Gasteiger partial charge >= 0.3 is 0 Å². The molecule has 0 aliphatic rings. The van der Waals surface area contributed by atoms with E-state index in [0.717, 1.165) is 5.56 Å². The minimum Gasteiger partial charge on any atom is -0.389 e. The Kier molecular flexibility index (Phi) is 5.19. The number of aromatic amines is 1. The van der Waals surface area contributed by atoms with Crippen LogP contribution in [0.1, 0.15) is 41.3 Å². The summed E-state index contributed by atoms with van der Waals surface area (Å²) in [7, 11) is 0. The van der Waals surface area contributed by atoms with E-state index < -0.39 is 17.1 Å². The van der Waals surface area contributed by atoms with Crippen molar-refractivity contribution in [2.45, 2.75) is 39.8 Å². The SMILES string of the molecule is Cc1nc(C(=O)N(Cc2ccccc2)CC(C)(C)O)c(=O)[nH]c1C. The molecule has 0 saturated carbocycles. The van der Waals surface area contributed by atoms with Gasteiger partial charge in [0.2, 0.25) is 0 Å². The third-order valence-electron chi connectivity index (χ3n) is 3.62. The lowest BCUT2D eigenvalue weighted by atomic mass is 10.1. The highest BCUT2D eigenvalue weighted by Crippen LogP contribution is 2.13. The summed E-state index contributed by atoms with van der Waals surface area (Å²) in [6.45, 7) is 7.09. The molecule has 0 aliphatic heterocycles. The summed E-state index contributed by atoms with van der Waals surface area (Å²) >= 11 is 0. The second-order valence-corrected chi connectivity index (χ2v) is 6.58. The lowest BCUT2D eigenvalue weighted by molar-refractivity contribution is 0.0275. The van der Waals surface area contributed by atoms with Crippen molar-refractivity contribution >= 4 is 5.91 Å². The number of carbonyl (C=O) groups is 1. The molecule has 2 N–H and O–H groups in total. The molecule has 0 aliphatic carbocycles. The zero-order chi connectivity index (χ0) is 17.9. The molecule has 1 heterocycles. The molecule has 0 atom stereocenters. The standard InChI is InChI=1S/C18H23N3O3/c1-12-13(2)20-16(22)15(19-12)17(23)21(11-18(3,4)24)10-14-8-6-5-7-9-14/h5-9,24H,10-11H2,1-4H3,(H,20,22). The van der Waals surface area contributed by atoms with Gasteiger partial charge in [-0.2, -0.15) is 0 Å². The van der Waals surface area contributed by atoms with Crippen LogP contribution in [0.25, 0.3) is 0 Å². The first-order valence-corrected chi connectivity index (χ1v) is 7.80. The summed E-state index contributed by atoms with van der Waals surface area (Å²) in [5.74, 6) is -0.495. The van der Waals surface area contributed by atoms with Crippen molar-refractivity contribution in [3.63, 3.8) is 0 Å². The molecular weight excluding hydrogens is 306 g/mol. The fourth-order valence-corrected chi connectivity index (χ4v) is 2.39. The molecule has 2 aromatic rings. The Labute approximate surface area is 141 Å². The summed E-state index contributed by atoms with van der Waals surface area (Å²) in [4.78, 5) is 33.2. The predicted octanol–water partition coefficient (Wildman–Crippen LogP) is 1.80. The Balaban J connectivity index is 2.37.